The third kappa shape index (κ3) is 4.23. The van der Waals surface area contributed by atoms with E-state index in [-0.39, 0.29) is 0 Å². The monoisotopic (exact) mass is 317 g/mol. The molecule has 0 aliphatic heterocycles. The number of hydrogen-bond acceptors (Lipinski definition) is 1. The summed E-state index contributed by atoms with van der Waals surface area (Å²) in [6.45, 7) is 2.27. The Balaban J connectivity index is 1.81. The number of pyridine rings is 1. The molecule has 0 amide bonds. The normalized spacial score (nSPS) is 11.0. The third-order valence-corrected chi connectivity index (χ3v) is 4.65. The van der Waals surface area contributed by atoms with Crippen LogP contribution in [0.25, 0.3) is 22.2 Å². The van der Waals surface area contributed by atoms with Gasteiger partial charge in [-0.3, -0.25) is 0 Å². The Morgan fingerprint density at radius 1 is 0.750 bits per heavy atom. The molecule has 1 heterocycles. The predicted octanol–water partition coefficient (Wildman–Crippen LogP) is 6.80. The maximum atomic E-state index is 4.97. The van der Waals surface area contributed by atoms with E-state index < -0.39 is 0 Å². The van der Waals surface area contributed by atoms with Crippen LogP contribution in [-0.4, -0.2) is 4.98 Å². The number of aromatic nitrogens is 1. The fourth-order valence-corrected chi connectivity index (χ4v) is 3.29. The van der Waals surface area contributed by atoms with Gasteiger partial charge in [-0.25, -0.2) is 4.98 Å². The van der Waals surface area contributed by atoms with Crippen molar-refractivity contribution in [3.63, 3.8) is 0 Å². The molecular weight excluding hydrogens is 290 g/mol. The smallest absolute Gasteiger partial charge is 0.0741 e. The average molecular weight is 317 g/mol. The molecule has 1 nitrogen and oxygen atoms in total. The molecule has 0 aliphatic rings. The average Bonchev–Trinajstić information content (AvgIpc) is 2.64. The summed E-state index contributed by atoms with van der Waals surface area (Å²) in [5.74, 6) is 0. The van der Waals surface area contributed by atoms with Crippen molar-refractivity contribution in [3.8, 4) is 11.3 Å². The summed E-state index contributed by atoms with van der Waals surface area (Å²) in [4.78, 5) is 4.97. The second kappa shape index (κ2) is 8.63. The maximum absolute atomic E-state index is 4.97. The van der Waals surface area contributed by atoms with E-state index in [1.807, 2.05) is 0 Å². The minimum absolute atomic E-state index is 1.09. The number of hydrogen-bond donors (Lipinski definition) is 0. The van der Waals surface area contributed by atoms with E-state index in [2.05, 4.69) is 67.6 Å². The highest BCUT2D eigenvalue weighted by Gasteiger charge is 2.09. The number of benzene rings is 2. The maximum Gasteiger partial charge on any atom is 0.0741 e. The summed E-state index contributed by atoms with van der Waals surface area (Å²) >= 11 is 0. The summed E-state index contributed by atoms with van der Waals surface area (Å²) < 4.78 is 0. The summed E-state index contributed by atoms with van der Waals surface area (Å²) in [7, 11) is 0. The lowest BCUT2D eigenvalue weighted by Crippen LogP contribution is -1.95. The molecule has 0 aliphatic carbocycles. The van der Waals surface area contributed by atoms with Gasteiger partial charge in [0.2, 0.25) is 0 Å². The molecule has 0 bridgehead atoms. The van der Waals surface area contributed by atoms with E-state index in [1.165, 1.54) is 55.0 Å². The van der Waals surface area contributed by atoms with E-state index in [4.69, 9.17) is 4.98 Å². The molecule has 1 aromatic heterocycles. The van der Waals surface area contributed by atoms with Gasteiger partial charge in [0.05, 0.1) is 11.2 Å². The molecule has 0 N–H and O–H groups in total. The lowest BCUT2D eigenvalue weighted by molar-refractivity contribution is 0.607. The Morgan fingerprint density at radius 3 is 2.29 bits per heavy atom. The molecule has 0 saturated carbocycles. The van der Waals surface area contributed by atoms with Crippen molar-refractivity contribution >= 4 is 10.9 Å². The van der Waals surface area contributed by atoms with Crippen LogP contribution in [0.1, 0.15) is 51.0 Å². The van der Waals surface area contributed by atoms with Gasteiger partial charge >= 0.3 is 0 Å². The number of unbranched alkanes of at least 4 members (excludes halogenated alkanes) is 5. The van der Waals surface area contributed by atoms with Gasteiger partial charge in [0.15, 0.2) is 0 Å². The standard InChI is InChI=1S/C23H27N/c1-2-3-4-5-6-8-16-21-18-20-15-11-12-17-22(20)24-23(21)19-13-9-7-10-14-19/h7,9-15,17-18H,2-6,8,16H2,1H3. The van der Waals surface area contributed by atoms with Crippen molar-refractivity contribution < 1.29 is 0 Å². The van der Waals surface area contributed by atoms with Crippen LogP contribution in [-0.2, 0) is 6.42 Å². The summed E-state index contributed by atoms with van der Waals surface area (Å²) in [6, 6.07) is 21.4. The van der Waals surface area contributed by atoms with Crippen LogP contribution in [0.3, 0.4) is 0 Å². The van der Waals surface area contributed by atoms with E-state index >= 15 is 0 Å². The molecule has 124 valence electrons. The minimum atomic E-state index is 1.09. The van der Waals surface area contributed by atoms with Crippen LogP contribution in [0.15, 0.2) is 60.7 Å². The number of aryl methyl sites for hydroxylation is 1. The molecule has 24 heavy (non-hydrogen) atoms. The zero-order valence-corrected chi connectivity index (χ0v) is 14.7. The fourth-order valence-electron chi connectivity index (χ4n) is 3.29. The van der Waals surface area contributed by atoms with Crippen LogP contribution in [0, 0.1) is 0 Å². The number of para-hydroxylation sites is 1. The molecule has 1 heteroatoms. The Hall–Kier alpha value is -2.15. The largest absolute Gasteiger partial charge is 0.248 e. The van der Waals surface area contributed by atoms with Gasteiger partial charge in [-0.15, -0.1) is 0 Å². The Kier molecular flexibility index (Phi) is 6.01. The molecule has 0 radical (unpaired) electrons. The summed E-state index contributed by atoms with van der Waals surface area (Å²) in [6.07, 6.45) is 9.10. The van der Waals surface area contributed by atoms with Gasteiger partial charge in [0, 0.05) is 10.9 Å². The second-order valence-corrected chi connectivity index (χ2v) is 6.57. The highest BCUT2D eigenvalue weighted by Crippen LogP contribution is 2.27. The highest BCUT2D eigenvalue weighted by atomic mass is 14.7. The minimum Gasteiger partial charge on any atom is -0.248 e. The van der Waals surface area contributed by atoms with Crippen LogP contribution in [0.2, 0.25) is 0 Å². The third-order valence-electron chi connectivity index (χ3n) is 4.65. The Labute approximate surface area is 145 Å². The van der Waals surface area contributed by atoms with E-state index in [1.54, 1.807) is 0 Å². The Bertz CT molecular complexity index is 761. The SMILES string of the molecule is CCCCCCCCc1cc2ccccc2nc1-c1ccccc1. The summed E-state index contributed by atoms with van der Waals surface area (Å²) in [5, 5.41) is 1.25. The van der Waals surface area contributed by atoms with Gasteiger partial charge < -0.3 is 0 Å². The van der Waals surface area contributed by atoms with Gasteiger partial charge in [-0.1, -0.05) is 87.6 Å². The number of rotatable bonds is 8. The summed E-state index contributed by atoms with van der Waals surface area (Å²) in [5.41, 5.74) is 4.85. The van der Waals surface area contributed by atoms with Crippen molar-refractivity contribution in [1.82, 2.24) is 4.98 Å². The molecule has 2 aromatic carbocycles. The Morgan fingerprint density at radius 2 is 1.46 bits per heavy atom. The van der Waals surface area contributed by atoms with Gasteiger partial charge in [0.25, 0.3) is 0 Å². The molecule has 0 saturated heterocycles. The van der Waals surface area contributed by atoms with Gasteiger partial charge in [-0.05, 0) is 30.5 Å². The first-order valence-corrected chi connectivity index (χ1v) is 9.32. The number of nitrogens with zero attached hydrogens (tertiary/aromatic N) is 1. The fraction of sp³-hybridized carbons (Fsp3) is 0.348. The first kappa shape index (κ1) is 16.7. The van der Waals surface area contributed by atoms with Crippen molar-refractivity contribution in [2.24, 2.45) is 0 Å². The quantitative estimate of drug-likeness (QED) is 0.416. The van der Waals surface area contributed by atoms with Crippen LogP contribution >= 0.6 is 0 Å². The second-order valence-electron chi connectivity index (χ2n) is 6.57. The van der Waals surface area contributed by atoms with Crippen molar-refractivity contribution in [2.75, 3.05) is 0 Å². The van der Waals surface area contributed by atoms with Crippen LogP contribution in [0.4, 0.5) is 0 Å². The lowest BCUT2D eigenvalue weighted by atomic mass is 9.98. The molecule has 3 rings (SSSR count). The first-order chi connectivity index (χ1) is 11.9. The van der Waals surface area contributed by atoms with Gasteiger partial charge in [0.1, 0.15) is 0 Å². The van der Waals surface area contributed by atoms with Crippen LogP contribution < -0.4 is 0 Å². The van der Waals surface area contributed by atoms with Crippen molar-refractivity contribution in [3.05, 3.63) is 66.2 Å². The molecule has 3 aromatic rings. The van der Waals surface area contributed by atoms with E-state index in [9.17, 15) is 0 Å². The van der Waals surface area contributed by atoms with Crippen molar-refractivity contribution in [2.45, 2.75) is 51.9 Å². The first-order valence-electron chi connectivity index (χ1n) is 9.32. The van der Waals surface area contributed by atoms with Gasteiger partial charge in [-0.2, -0.15) is 0 Å². The number of fused-ring (bicyclic) bond motifs is 1. The van der Waals surface area contributed by atoms with E-state index in [0.29, 0.717) is 0 Å². The molecule has 0 unspecified atom stereocenters. The molecular formula is C23H27N. The van der Waals surface area contributed by atoms with E-state index in [0.717, 1.165) is 17.6 Å². The topological polar surface area (TPSA) is 12.9 Å². The zero-order valence-electron chi connectivity index (χ0n) is 14.7. The molecule has 0 spiro atoms. The van der Waals surface area contributed by atoms with Crippen molar-refractivity contribution in [1.29, 1.82) is 0 Å². The predicted molar refractivity (Wildman–Crippen MR) is 104 cm³/mol. The highest BCUT2D eigenvalue weighted by molar-refractivity contribution is 5.83. The lowest BCUT2D eigenvalue weighted by Gasteiger charge is -2.11. The molecule has 0 fully saturated rings. The zero-order chi connectivity index (χ0) is 16.6. The van der Waals surface area contributed by atoms with Crippen LogP contribution in [0.5, 0.6) is 0 Å². The molecule has 0 atom stereocenters.